The monoisotopic (exact) mass is 274 g/mol. The molecule has 0 aromatic carbocycles. The highest BCUT2D eigenvalue weighted by molar-refractivity contribution is 4.89. The number of hydrogen-bond acceptors (Lipinski definition) is 5. The summed E-state index contributed by atoms with van der Waals surface area (Å²) in [5.74, 6) is 0. The Hall–Kier alpha value is -0.460. The standard InChI is InChI=1S/C14H26O5/c1-2-3-4-5-6-7-8-18-12-10-19-14(13(12)17)11(16)9-15/h5-6,11-17H,2-4,7-10H2,1H3/b6-5+/t11-,12+,13-,14-/m0/s1. The second kappa shape index (κ2) is 9.44. The van der Waals surface area contributed by atoms with Gasteiger partial charge in [-0.25, -0.2) is 0 Å². The third-order valence-electron chi connectivity index (χ3n) is 3.24. The Morgan fingerprint density at radius 1 is 1.37 bits per heavy atom. The Balaban J connectivity index is 2.15. The lowest BCUT2D eigenvalue weighted by molar-refractivity contribution is -0.0726. The van der Waals surface area contributed by atoms with Gasteiger partial charge in [0.2, 0.25) is 0 Å². The van der Waals surface area contributed by atoms with Crippen LogP contribution in [0.15, 0.2) is 12.2 Å². The maximum atomic E-state index is 9.88. The Kier molecular flexibility index (Phi) is 8.25. The van der Waals surface area contributed by atoms with Crippen LogP contribution in [0.4, 0.5) is 0 Å². The van der Waals surface area contributed by atoms with E-state index < -0.39 is 31.0 Å². The van der Waals surface area contributed by atoms with Crippen molar-refractivity contribution in [2.24, 2.45) is 0 Å². The molecule has 1 rings (SSSR count). The van der Waals surface area contributed by atoms with E-state index in [1.807, 2.05) is 0 Å². The first-order valence-electron chi connectivity index (χ1n) is 7.05. The van der Waals surface area contributed by atoms with Gasteiger partial charge in [-0.3, -0.25) is 0 Å². The van der Waals surface area contributed by atoms with Crippen LogP contribution in [0.1, 0.15) is 32.6 Å². The summed E-state index contributed by atoms with van der Waals surface area (Å²) >= 11 is 0. The molecule has 0 aromatic heterocycles. The zero-order chi connectivity index (χ0) is 14.1. The van der Waals surface area contributed by atoms with Crippen LogP contribution in [0.3, 0.4) is 0 Å². The predicted molar refractivity (Wildman–Crippen MR) is 71.9 cm³/mol. The fourth-order valence-corrected chi connectivity index (χ4v) is 2.05. The molecule has 1 aliphatic heterocycles. The van der Waals surface area contributed by atoms with Crippen LogP contribution in [0.25, 0.3) is 0 Å². The molecule has 0 radical (unpaired) electrons. The topological polar surface area (TPSA) is 79.2 Å². The fourth-order valence-electron chi connectivity index (χ4n) is 2.05. The molecule has 1 aliphatic rings. The van der Waals surface area contributed by atoms with E-state index in [0.29, 0.717) is 6.61 Å². The van der Waals surface area contributed by atoms with Gasteiger partial charge in [0, 0.05) is 0 Å². The van der Waals surface area contributed by atoms with Gasteiger partial charge in [-0.15, -0.1) is 0 Å². The molecule has 0 amide bonds. The Labute approximate surface area is 114 Å². The summed E-state index contributed by atoms with van der Waals surface area (Å²) in [5, 5.41) is 28.1. The number of ether oxygens (including phenoxy) is 2. The van der Waals surface area contributed by atoms with Crippen LogP contribution in [0, 0.1) is 0 Å². The van der Waals surface area contributed by atoms with Gasteiger partial charge in [0.25, 0.3) is 0 Å². The largest absolute Gasteiger partial charge is 0.394 e. The van der Waals surface area contributed by atoms with Gasteiger partial charge in [0.1, 0.15) is 24.4 Å². The van der Waals surface area contributed by atoms with Crippen LogP contribution in [0.2, 0.25) is 0 Å². The van der Waals surface area contributed by atoms with Gasteiger partial charge in [0.15, 0.2) is 0 Å². The Morgan fingerprint density at radius 3 is 2.79 bits per heavy atom. The summed E-state index contributed by atoms with van der Waals surface area (Å²) in [6, 6.07) is 0. The molecule has 1 heterocycles. The van der Waals surface area contributed by atoms with Gasteiger partial charge >= 0.3 is 0 Å². The number of unbranched alkanes of at least 4 members (excludes halogenated alkanes) is 2. The smallest absolute Gasteiger partial charge is 0.114 e. The molecule has 0 saturated carbocycles. The van der Waals surface area contributed by atoms with Gasteiger partial charge in [-0.1, -0.05) is 31.9 Å². The third kappa shape index (κ3) is 5.58. The van der Waals surface area contributed by atoms with Crippen molar-refractivity contribution in [1.29, 1.82) is 0 Å². The quantitative estimate of drug-likeness (QED) is 0.424. The minimum atomic E-state index is -1.06. The van der Waals surface area contributed by atoms with Gasteiger partial charge in [0.05, 0.1) is 19.8 Å². The number of aliphatic hydroxyl groups is 3. The van der Waals surface area contributed by atoms with Crippen LogP contribution < -0.4 is 0 Å². The van der Waals surface area contributed by atoms with Crippen molar-refractivity contribution in [1.82, 2.24) is 0 Å². The maximum absolute atomic E-state index is 9.88. The van der Waals surface area contributed by atoms with Crippen molar-refractivity contribution in [2.75, 3.05) is 19.8 Å². The average molecular weight is 274 g/mol. The summed E-state index contributed by atoms with van der Waals surface area (Å²) in [6.07, 6.45) is 5.41. The molecule has 5 nitrogen and oxygen atoms in total. The van der Waals surface area contributed by atoms with Crippen molar-refractivity contribution in [2.45, 2.75) is 57.0 Å². The summed E-state index contributed by atoms with van der Waals surface area (Å²) in [7, 11) is 0. The summed E-state index contributed by atoms with van der Waals surface area (Å²) < 4.78 is 10.8. The molecule has 112 valence electrons. The normalized spacial score (nSPS) is 29.2. The highest BCUT2D eigenvalue weighted by Crippen LogP contribution is 2.20. The first-order valence-corrected chi connectivity index (χ1v) is 7.05. The zero-order valence-electron chi connectivity index (χ0n) is 11.6. The molecule has 5 heteroatoms. The number of hydrogen-bond donors (Lipinski definition) is 3. The predicted octanol–water partition coefficient (Wildman–Crippen LogP) is 0.621. The molecule has 1 fully saturated rings. The van der Waals surface area contributed by atoms with Crippen molar-refractivity contribution >= 4 is 0 Å². The third-order valence-corrected chi connectivity index (χ3v) is 3.24. The van der Waals surface area contributed by atoms with Crippen molar-refractivity contribution in [3.63, 3.8) is 0 Å². The molecule has 0 spiro atoms. The van der Waals surface area contributed by atoms with E-state index in [2.05, 4.69) is 19.1 Å². The first kappa shape index (κ1) is 16.6. The second-order valence-corrected chi connectivity index (χ2v) is 4.85. The van der Waals surface area contributed by atoms with E-state index in [9.17, 15) is 10.2 Å². The molecule has 0 aromatic rings. The van der Waals surface area contributed by atoms with Crippen LogP contribution >= 0.6 is 0 Å². The number of aliphatic hydroxyl groups excluding tert-OH is 3. The zero-order valence-corrected chi connectivity index (χ0v) is 11.6. The van der Waals surface area contributed by atoms with E-state index in [1.54, 1.807) is 0 Å². The molecule has 1 saturated heterocycles. The van der Waals surface area contributed by atoms with Gasteiger partial charge in [-0.2, -0.15) is 0 Å². The van der Waals surface area contributed by atoms with E-state index in [4.69, 9.17) is 14.6 Å². The van der Waals surface area contributed by atoms with Crippen molar-refractivity contribution in [3.8, 4) is 0 Å². The molecule has 0 unspecified atom stereocenters. The first-order chi connectivity index (χ1) is 9.20. The average Bonchev–Trinajstić information content (AvgIpc) is 2.78. The highest BCUT2D eigenvalue weighted by Gasteiger charge is 2.40. The number of allylic oxidation sites excluding steroid dienone is 1. The molecule has 4 atom stereocenters. The second-order valence-electron chi connectivity index (χ2n) is 4.85. The minimum Gasteiger partial charge on any atom is -0.394 e. The van der Waals surface area contributed by atoms with E-state index in [0.717, 1.165) is 12.8 Å². The molecule has 3 N–H and O–H groups in total. The van der Waals surface area contributed by atoms with E-state index in [-0.39, 0.29) is 6.61 Å². The minimum absolute atomic E-state index is 0.252. The maximum Gasteiger partial charge on any atom is 0.114 e. The molecular weight excluding hydrogens is 248 g/mol. The Bertz CT molecular complexity index is 256. The summed E-state index contributed by atoms with van der Waals surface area (Å²) in [6.45, 7) is 2.52. The molecular formula is C14H26O5. The summed E-state index contributed by atoms with van der Waals surface area (Å²) in [4.78, 5) is 0. The lowest BCUT2D eigenvalue weighted by Crippen LogP contribution is -2.41. The van der Waals surface area contributed by atoms with Crippen molar-refractivity contribution in [3.05, 3.63) is 12.2 Å². The van der Waals surface area contributed by atoms with E-state index >= 15 is 0 Å². The molecule has 0 aliphatic carbocycles. The number of rotatable bonds is 9. The van der Waals surface area contributed by atoms with Crippen LogP contribution in [0.5, 0.6) is 0 Å². The van der Waals surface area contributed by atoms with Crippen LogP contribution in [-0.2, 0) is 9.47 Å². The lowest BCUT2D eigenvalue weighted by Gasteiger charge is -2.20. The van der Waals surface area contributed by atoms with E-state index in [1.165, 1.54) is 12.8 Å². The fraction of sp³-hybridized carbons (Fsp3) is 0.857. The van der Waals surface area contributed by atoms with Crippen molar-refractivity contribution < 1.29 is 24.8 Å². The summed E-state index contributed by atoms with van der Waals surface area (Å²) in [5.41, 5.74) is 0. The Morgan fingerprint density at radius 2 is 2.11 bits per heavy atom. The van der Waals surface area contributed by atoms with Gasteiger partial charge in [-0.05, 0) is 12.8 Å². The van der Waals surface area contributed by atoms with Gasteiger partial charge < -0.3 is 24.8 Å². The van der Waals surface area contributed by atoms with Crippen LogP contribution in [-0.4, -0.2) is 59.6 Å². The SMILES string of the molecule is CCCC/C=C/CCO[C@@H]1CO[C@@H]([C@@H](O)CO)[C@H]1O. The molecule has 19 heavy (non-hydrogen) atoms. The highest BCUT2D eigenvalue weighted by atomic mass is 16.6. The lowest BCUT2D eigenvalue weighted by atomic mass is 10.1. The molecule has 0 bridgehead atoms.